The first-order valence-corrected chi connectivity index (χ1v) is 20.0. The Hall–Kier alpha value is -4.15. The van der Waals surface area contributed by atoms with Crippen molar-refractivity contribution >= 4 is 56.8 Å². The van der Waals surface area contributed by atoms with E-state index in [0.29, 0.717) is 0 Å². The lowest BCUT2D eigenvalue weighted by Crippen LogP contribution is -2.88. The molecule has 0 amide bonds. The second kappa shape index (κ2) is 11.5. The molecule has 6 aromatic carbocycles. The van der Waals surface area contributed by atoms with Gasteiger partial charge in [0.2, 0.25) is 0 Å². The summed E-state index contributed by atoms with van der Waals surface area (Å²) in [6, 6.07) is 61.5. The summed E-state index contributed by atoms with van der Waals surface area (Å²) >= 11 is 0. The monoisotopic (exact) mass is 608 g/mol. The first-order chi connectivity index (χ1) is 21.1. The van der Waals surface area contributed by atoms with Crippen LogP contribution in [0, 0.1) is 6.92 Å². The predicted octanol–water partition coefficient (Wildman–Crippen LogP) is 4.13. The minimum atomic E-state index is -3.46. The third kappa shape index (κ3) is 4.88. The summed E-state index contributed by atoms with van der Waals surface area (Å²) in [7, 11) is -10.4. The van der Waals surface area contributed by atoms with Crippen LogP contribution >= 0.6 is 0 Å². The van der Waals surface area contributed by atoms with Crippen molar-refractivity contribution in [2.24, 2.45) is 0 Å². The molecular weight excluding hydrogens is 577 g/mol. The van der Waals surface area contributed by atoms with Crippen LogP contribution in [-0.4, -0.2) is 25.7 Å². The minimum Gasteiger partial charge on any atom is -0.402 e. The molecule has 1 saturated heterocycles. The van der Waals surface area contributed by atoms with E-state index < -0.39 is 25.7 Å². The largest absolute Gasteiger partial charge is 0.402 e. The van der Waals surface area contributed by atoms with Gasteiger partial charge in [0.05, 0.1) is 0 Å². The topological polar surface area (TPSA) is 27.7 Å². The van der Waals surface area contributed by atoms with Crippen LogP contribution < -0.4 is 31.1 Å². The van der Waals surface area contributed by atoms with Crippen molar-refractivity contribution in [1.29, 1.82) is 0 Å². The van der Waals surface area contributed by atoms with E-state index in [1.54, 1.807) is 0 Å². The predicted molar refractivity (Wildman–Crippen MR) is 182 cm³/mol. The summed E-state index contributed by atoms with van der Waals surface area (Å²) in [5.41, 5.74) is 1.19. The van der Waals surface area contributed by atoms with E-state index in [1.807, 2.05) is 0 Å². The smallest absolute Gasteiger partial charge is 0.390 e. The summed E-state index contributed by atoms with van der Waals surface area (Å²) in [4.78, 5) is 0. The van der Waals surface area contributed by atoms with Gasteiger partial charge in [-0.1, -0.05) is 181 Å². The van der Waals surface area contributed by atoms with Crippen LogP contribution in [0.25, 0.3) is 0 Å². The summed E-state index contributed by atoms with van der Waals surface area (Å²) in [5.74, 6) is 0. The van der Waals surface area contributed by atoms with E-state index in [9.17, 15) is 0 Å². The van der Waals surface area contributed by atoms with Crippen LogP contribution in [-0.2, 0) is 12.3 Å². The minimum absolute atomic E-state index is 1.06. The maximum Gasteiger partial charge on any atom is 0.390 e. The Kier molecular flexibility index (Phi) is 7.40. The molecule has 6 heteroatoms. The van der Waals surface area contributed by atoms with Gasteiger partial charge in [-0.25, -0.2) is 0 Å². The van der Waals surface area contributed by atoms with E-state index in [2.05, 4.69) is 183 Å². The van der Waals surface area contributed by atoms with Crippen LogP contribution in [0.4, 0.5) is 0 Å². The fourth-order valence-corrected chi connectivity index (χ4v) is 22.8. The molecule has 1 aliphatic rings. The van der Waals surface area contributed by atoms with Gasteiger partial charge in [0.1, 0.15) is 0 Å². The second-order valence-electron chi connectivity index (χ2n) is 10.9. The van der Waals surface area contributed by atoms with Crippen molar-refractivity contribution in [3.05, 3.63) is 181 Å². The fourth-order valence-electron chi connectivity index (χ4n) is 5.94. The SMILES string of the molecule is Cc1ccc([Si]2(c3ccccc3)O[Si](c3ccccc3)(c3ccccc3)O[Si](c3ccccc3)(c3ccccc3)O2)cc1. The Morgan fingerprint density at radius 1 is 0.279 bits per heavy atom. The van der Waals surface area contributed by atoms with Crippen molar-refractivity contribution < 1.29 is 12.3 Å². The molecule has 0 unspecified atom stereocenters. The quantitative estimate of drug-likeness (QED) is 0.266. The number of rotatable bonds is 6. The summed E-state index contributed by atoms with van der Waals surface area (Å²) in [6.45, 7) is 2.12. The summed E-state index contributed by atoms with van der Waals surface area (Å²) in [5, 5.41) is 6.39. The standard InChI is InChI=1S/C37H32O3Si3/c1-31-27-29-37(30-28-31)43(36-25-15-6-16-26-36)39-41(32-17-7-2-8-18-32,33-19-9-3-10-20-33)38-42(40-43,34-21-11-4-12-22-34)35-23-13-5-14-24-35/h2-30H,1H3. The molecule has 1 fully saturated rings. The van der Waals surface area contributed by atoms with Crippen LogP contribution in [0.2, 0.25) is 0 Å². The van der Waals surface area contributed by atoms with Crippen molar-refractivity contribution in [2.75, 3.05) is 0 Å². The molecule has 0 aromatic heterocycles. The van der Waals surface area contributed by atoms with Gasteiger partial charge < -0.3 is 12.3 Å². The first kappa shape index (κ1) is 27.7. The average Bonchev–Trinajstić information content (AvgIpc) is 3.10. The van der Waals surface area contributed by atoms with Gasteiger partial charge in [-0.2, -0.15) is 0 Å². The summed E-state index contributed by atoms with van der Waals surface area (Å²) < 4.78 is 23.4. The van der Waals surface area contributed by atoms with Gasteiger partial charge in [-0.3, -0.25) is 0 Å². The Labute approximate surface area is 256 Å². The van der Waals surface area contributed by atoms with Crippen molar-refractivity contribution in [2.45, 2.75) is 6.92 Å². The Balaban J connectivity index is 1.64. The van der Waals surface area contributed by atoms with Gasteiger partial charge in [0.25, 0.3) is 0 Å². The molecule has 0 bridgehead atoms. The Bertz CT molecular complexity index is 1610. The van der Waals surface area contributed by atoms with Gasteiger partial charge >= 0.3 is 25.7 Å². The number of hydrogen-bond acceptors (Lipinski definition) is 3. The van der Waals surface area contributed by atoms with E-state index in [4.69, 9.17) is 12.3 Å². The van der Waals surface area contributed by atoms with Crippen LogP contribution in [0.5, 0.6) is 0 Å². The number of hydrogen-bond donors (Lipinski definition) is 0. The molecule has 0 saturated carbocycles. The molecule has 1 aliphatic heterocycles. The molecule has 0 N–H and O–H groups in total. The molecular formula is C37H32O3Si3. The van der Waals surface area contributed by atoms with E-state index in [1.165, 1.54) is 5.56 Å². The van der Waals surface area contributed by atoms with E-state index >= 15 is 0 Å². The highest BCUT2D eigenvalue weighted by molar-refractivity contribution is 7.16. The maximum absolute atomic E-state index is 7.81. The van der Waals surface area contributed by atoms with Crippen molar-refractivity contribution in [1.82, 2.24) is 0 Å². The van der Waals surface area contributed by atoms with Crippen molar-refractivity contribution in [3.8, 4) is 0 Å². The van der Waals surface area contributed by atoms with E-state index in [0.717, 1.165) is 31.1 Å². The Morgan fingerprint density at radius 3 is 0.721 bits per heavy atom. The molecule has 1 heterocycles. The van der Waals surface area contributed by atoms with Crippen LogP contribution in [0.1, 0.15) is 5.56 Å². The molecule has 43 heavy (non-hydrogen) atoms. The zero-order chi connectivity index (χ0) is 29.2. The third-order valence-corrected chi connectivity index (χ3v) is 21.5. The molecule has 6 aromatic rings. The highest BCUT2D eigenvalue weighted by Crippen LogP contribution is 2.31. The molecule has 0 radical (unpaired) electrons. The lowest BCUT2D eigenvalue weighted by molar-refractivity contribution is 0.268. The molecule has 0 aliphatic carbocycles. The molecule has 0 atom stereocenters. The third-order valence-electron chi connectivity index (χ3n) is 8.06. The van der Waals surface area contributed by atoms with Crippen molar-refractivity contribution in [3.63, 3.8) is 0 Å². The van der Waals surface area contributed by atoms with Crippen LogP contribution in [0.15, 0.2) is 176 Å². The normalized spacial score (nSPS) is 16.8. The van der Waals surface area contributed by atoms with Gasteiger partial charge in [0.15, 0.2) is 0 Å². The number of benzene rings is 6. The fraction of sp³-hybridized carbons (Fsp3) is 0.0270. The Morgan fingerprint density at radius 2 is 0.488 bits per heavy atom. The molecule has 0 spiro atoms. The summed E-state index contributed by atoms with van der Waals surface area (Å²) in [6.07, 6.45) is 0. The molecule has 210 valence electrons. The van der Waals surface area contributed by atoms with Gasteiger partial charge in [-0.05, 0) is 38.0 Å². The zero-order valence-corrected chi connectivity index (χ0v) is 27.0. The lowest BCUT2D eigenvalue weighted by atomic mass is 10.2. The maximum atomic E-state index is 7.81. The highest BCUT2D eigenvalue weighted by atomic mass is 28.5. The number of aryl methyl sites for hydroxylation is 1. The first-order valence-electron chi connectivity index (χ1n) is 14.6. The zero-order valence-electron chi connectivity index (χ0n) is 24.0. The highest BCUT2D eigenvalue weighted by Gasteiger charge is 2.67. The van der Waals surface area contributed by atoms with Gasteiger partial charge in [0, 0.05) is 0 Å². The van der Waals surface area contributed by atoms with E-state index in [-0.39, 0.29) is 0 Å². The van der Waals surface area contributed by atoms with Crippen LogP contribution in [0.3, 0.4) is 0 Å². The second-order valence-corrected chi connectivity index (χ2v) is 20.5. The molecule has 3 nitrogen and oxygen atoms in total. The van der Waals surface area contributed by atoms with Gasteiger partial charge in [-0.15, -0.1) is 0 Å². The lowest BCUT2D eigenvalue weighted by Gasteiger charge is -2.53. The molecule has 7 rings (SSSR count). The average molecular weight is 609 g/mol.